The van der Waals surface area contributed by atoms with Crippen LogP contribution in [0.1, 0.15) is 5.82 Å². The van der Waals surface area contributed by atoms with Crippen molar-refractivity contribution in [3.05, 3.63) is 81.5 Å². The SMILES string of the molecule is Cc1nc(-n2ccc3nc4ccn(-c5ccccn5)c(=O)c4cc3c2=O)n[nH]1. The van der Waals surface area contributed by atoms with Gasteiger partial charge in [-0.25, -0.2) is 14.5 Å². The van der Waals surface area contributed by atoms with Gasteiger partial charge in [0, 0.05) is 18.6 Å². The van der Waals surface area contributed by atoms with Crippen LogP contribution in [0.2, 0.25) is 0 Å². The molecule has 5 heterocycles. The van der Waals surface area contributed by atoms with Gasteiger partial charge in [0.25, 0.3) is 17.1 Å². The molecule has 1 N–H and O–H groups in total. The summed E-state index contributed by atoms with van der Waals surface area (Å²) in [6, 6.07) is 10.3. The molecule has 0 aliphatic heterocycles. The molecule has 5 rings (SSSR count). The van der Waals surface area contributed by atoms with Gasteiger partial charge in [0.05, 0.1) is 21.8 Å². The first kappa shape index (κ1) is 16.1. The molecule has 0 amide bonds. The van der Waals surface area contributed by atoms with E-state index in [4.69, 9.17) is 0 Å². The highest BCUT2D eigenvalue weighted by molar-refractivity contribution is 5.91. The van der Waals surface area contributed by atoms with Crippen molar-refractivity contribution in [2.24, 2.45) is 0 Å². The smallest absolute Gasteiger partial charge is 0.267 e. The van der Waals surface area contributed by atoms with E-state index in [-0.39, 0.29) is 17.1 Å². The zero-order valence-corrected chi connectivity index (χ0v) is 14.7. The summed E-state index contributed by atoms with van der Waals surface area (Å²) in [5, 5.41) is 7.38. The molecule has 0 saturated carbocycles. The van der Waals surface area contributed by atoms with Gasteiger partial charge in [-0.2, -0.15) is 4.98 Å². The molecule has 0 bridgehead atoms. The molecule has 0 radical (unpaired) electrons. The molecule has 28 heavy (non-hydrogen) atoms. The maximum Gasteiger partial charge on any atom is 0.267 e. The zero-order valence-electron chi connectivity index (χ0n) is 14.7. The van der Waals surface area contributed by atoms with Crippen molar-refractivity contribution in [2.75, 3.05) is 0 Å². The predicted molar refractivity (Wildman–Crippen MR) is 103 cm³/mol. The maximum absolute atomic E-state index is 13.0. The fourth-order valence-electron chi connectivity index (χ4n) is 3.10. The van der Waals surface area contributed by atoms with E-state index in [0.717, 1.165) is 0 Å². The van der Waals surface area contributed by atoms with E-state index >= 15 is 0 Å². The lowest BCUT2D eigenvalue weighted by Crippen LogP contribution is -2.21. The van der Waals surface area contributed by atoms with Gasteiger partial charge < -0.3 is 0 Å². The summed E-state index contributed by atoms with van der Waals surface area (Å²) in [6.07, 6.45) is 4.81. The average molecular weight is 371 g/mol. The highest BCUT2D eigenvalue weighted by atomic mass is 16.1. The molecular weight excluding hydrogens is 358 g/mol. The molecule has 9 nitrogen and oxygen atoms in total. The third-order valence-corrected chi connectivity index (χ3v) is 4.44. The zero-order chi connectivity index (χ0) is 19.3. The second-order valence-electron chi connectivity index (χ2n) is 6.24. The Labute approximate surface area is 157 Å². The average Bonchev–Trinajstić information content (AvgIpc) is 3.14. The van der Waals surface area contributed by atoms with Gasteiger partial charge >= 0.3 is 0 Å². The van der Waals surface area contributed by atoms with Crippen LogP contribution in [0.4, 0.5) is 0 Å². The molecule has 0 aliphatic rings. The molecule has 9 heteroatoms. The Morgan fingerprint density at radius 2 is 1.61 bits per heavy atom. The molecule has 5 aromatic rings. The normalized spacial score (nSPS) is 11.3. The minimum atomic E-state index is -0.349. The minimum Gasteiger partial charge on any atom is -0.268 e. The lowest BCUT2D eigenvalue weighted by molar-refractivity contribution is 0.901. The third-order valence-electron chi connectivity index (χ3n) is 4.44. The van der Waals surface area contributed by atoms with Crippen LogP contribution >= 0.6 is 0 Å². The molecule has 0 aromatic carbocycles. The van der Waals surface area contributed by atoms with Gasteiger partial charge in [-0.3, -0.25) is 19.3 Å². The second-order valence-corrected chi connectivity index (χ2v) is 6.24. The first-order valence-corrected chi connectivity index (χ1v) is 8.50. The quantitative estimate of drug-likeness (QED) is 0.471. The van der Waals surface area contributed by atoms with Crippen LogP contribution in [0.5, 0.6) is 0 Å². The lowest BCUT2D eigenvalue weighted by atomic mass is 10.2. The van der Waals surface area contributed by atoms with Crippen molar-refractivity contribution >= 4 is 21.8 Å². The molecule has 0 fully saturated rings. The number of nitrogens with one attached hydrogen (secondary N) is 1. The summed E-state index contributed by atoms with van der Waals surface area (Å²) >= 11 is 0. The molecule has 0 aliphatic carbocycles. The van der Waals surface area contributed by atoms with Gasteiger partial charge in [-0.15, -0.1) is 5.10 Å². The fraction of sp³-hybridized carbons (Fsp3) is 0.0526. The Hall–Kier alpha value is -4.14. The fourth-order valence-corrected chi connectivity index (χ4v) is 3.10. The van der Waals surface area contributed by atoms with Crippen molar-refractivity contribution in [3.8, 4) is 11.8 Å². The van der Waals surface area contributed by atoms with Crippen LogP contribution < -0.4 is 11.1 Å². The topological polar surface area (TPSA) is 111 Å². The van der Waals surface area contributed by atoms with Crippen molar-refractivity contribution in [3.63, 3.8) is 0 Å². The summed E-state index contributed by atoms with van der Waals surface area (Å²) in [5.41, 5.74) is 0.360. The van der Waals surface area contributed by atoms with Gasteiger partial charge in [0.15, 0.2) is 0 Å². The molecular formula is C19H13N7O2. The molecule has 0 atom stereocenters. The van der Waals surface area contributed by atoms with Crippen molar-refractivity contribution in [2.45, 2.75) is 6.92 Å². The van der Waals surface area contributed by atoms with Crippen LogP contribution in [0, 0.1) is 6.92 Å². The molecule has 0 saturated heterocycles. The van der Waals surface area contributed by atoms with Crippen LogP contribution in [0.15, 0.2) is 64.6 Å². The number of hydrogen-bond donors (Lipinski definition) is 1. The number of aryl methyl sites for hydroxylation is 1. The number of fused-ring (bicyclic) bond motifs is 2. The van der Waals surface area contributed by atoms with Crippen LogP contribution in [-0.2, 0) is 0 Å². The van der Waals surface area contributed by atoms with Crippen molar-refractivity contribution in [1.82, 2.24) is 34.3 Å². The standard InChI is InChI=1S/C19H13N7O2/c1-11-21-19(24-23-11)26-9-6-15-13(18(26)28)10-12-14(22-15)5-8-25(17(12)27)16-4-2-3-7-20-16/h2-10H,1H3,(H,21,23,24). The van der Waals surface area contributed by atoms with E-state index in [2.05, 4.69) is 25.1 Å². The monoisotopic (exact) mass is 371 g/mol. The first-order chi connectivity index (χ1) is 13.6. The van der Waals surface area contributed by atoms with Crippen LogP contribution in [-0.4, -0.2) is 34.3 Å². The van der Waals surface area contributed by atoms with Crippen LogP contribution in [0.3, 0.4) is 0 Å². The van der Waals surface area contributed by atoms with E-state index in [1.165, 1.54) is 9.13 Å². The maximum atomic E-state index is 13.0. The van der Waals surface area contributed by atoms with Gasteiger partial charge in [-0.05, 0) is 37.3 Å². The van der Waals surface area contributed by atoms with Gasteiger partial charge in [0.1, 0.15) is 11.6 Å². The largest absolute Gasteiger partial charge is 0.268 e. The molecule has 0 unspecified atom stereocenters. The number of hydrogen-bond acceptors (Lipinski definition) is 6. The van der Waals surface area contributed by atoms with E-state index in [9.17, 15) is 9.59 Å². The van der Waals surface area contributed by atoms with Crippen LogP contribution in [0.25, 0.3) is 33.6 Å². The summed E-state index contributed by atoms with van der Waals surface area (Å²) in [4.78, 5) is 38.8. The Kier molecular flexibility index (Phi) is 3.41. The highest BCUT2D eigenvalue weighted by Crippen LogP contribution is 2.15. The summed E-state index contributed by atoms with van der Waals surface area (Å²) in [7, 11) is 0. The third kappa shape index (κ3) is 2.41. The Morgan fingerprint density at radius 3 is 2.25 bits per heavy atom. The predicted octanol–water partition coefficient (Wildman–Crippen LogP) is 1.51. The summed E-state index contributed by atoms with van der Waals surface area (Å²) in [5.74, 6) is 1.33. The van der Waals surface area contributed by atoms with Crippen molar-refractivity contribution in [1.29, 1.82) is 0 Å². The number of nitrogens with zero attached hydrogens (tertiary/aromatic N) is 6. The highest BCUT2D eigenvalue weighted by Gasteiger charge is 2.13. The molecule has 0 spiro atoms. The van der Waals surface area contributed by atoms with E-state index < -0.39 is 0 Å². The molecule has 136 valence electrons. The number of rotatable bonds is 2. The van der Waals surface area contributed by atoms with Crippen molar-refractivity contribution < 1.29 is 0 Å². The number of H-pyrrole nitrogens is 1. The first-order valence-electron chi connectivity index (χ1n) is 8.50. The number of aromatic nitrogens is 7. The summed E-state index contributed by atoms with van der Waals surface area (Å²) in [6.45, 7) is 1.75. The Bertz CT molecular complexity index is 1470. The number of pyridine rings is 4. The Balaban J connectivity index is 1.79. The van der Waals surface area contributed by atoms with E-state index in [0.29, 0.717) is 33.4 Å². The van der Waals surface area contributed by atoms with E-state index in [1.54, 1.807) is 61.9 Å². The summed E-state index contributed by atoms with van der Waals surface area (Å²) < 4.78 is 2.75. The molecule has 5 aromatic heterocycles. The Morgan fingerprint density at radius 1 is 0.893 bits per heavy atom. The lowest BCUT2D eigenvalue weighted by Gasteiger charge is -2.07. The minimum absolute atomic E-state index is 0.239. The number of aromatic amines is 1. The van der Waals surface area contributed by atoms with Gasteiger partial charge in [0.2, 0.25) is 0 Å². The second kappa shape index (κ2) is 5.95. The van der Waals surface area contributed by atoms with Gasteiger partial charge in [-0.1, -0.05) is 6.07 Å². The van der Waals surface area contributed by atoms with E-state index in [1.807, 2.05) is 0 Å².